The van der Waals surface area contributed by atoms with E-state index < -0.39 is 0 Å². The molecule has 2 aliphatic heterocycles. The van der Waals surface area contributed by atoms with Gasteiger partial charge in [-0.3, -0.25) is 4.79 Å². The lowest BCUT2D eigenvalue weighted by molar-refractivity contribution is -0.149. The van der Waals surface area contributed by atoms with Gasteiger partial charge in [-0.1, -0.05) is 12.8 Å². The average Bonchev–Trinajstić information content (AvgIpc) is 3.18. The average molecular weight is 282 g/mol. The lowest BCUT2D eigenvalue weighted by Crippen LogP contribution is -2.53. The van der Waals surface area contributed by atoms with Gasteiger partial charge in [0.15, 0.2) is 0 Å². The van der Waals surface area contributed by atoms with Crippen LogP contribution in [0.1, 0.15) is 38.5 Å². The van der Waals surface area contributed by atoms with E-state index in [0.717, 1.165) is 45.4 Å². The maximum atomic E-state index is 12.8. The molecular weight excluding hydrogens is 256 g/mol. The minimum Gasteiger partial charge on any atom is -0.376 e. The van der Waals surface area contributed by atoms with E-state index in [2.05, 4.69) is 10.2 Å². The predicted molar refractivity (Wildman–Crippen MR) is 75.6 cm³/mol. The quantitative estimate of drug-likeness (QED) is 0.833. The summed E-state index contributed by atoms with van der Waals surface area (Å²) in [4.78, 5) is 14.8. The molecule has 1 amide bonds. The molecule has 1 saturated carbocycles. The van der Waals surface area contributed by atoms with Crippen LogP contribution in [0.15, 0.2) is 0 Å². The molecule has 2 atom stereocenters. The number of rotatable bonds is 4. The van der Waals surface area contributed by atoms with E-state index in [0.29, 0.717) is 19.2 Å². The first-order valence-electron chi connectivity index (χ1n) is 8.09. The molecule has 5 nitrogen and oxygen atoms in total. The number of nitrogens with one attached hydrogen (secondary N) is 1. The number of ether oxygens (including phenoxy) is 2. The first-order chi connectivity index (χ1) is 9.84. The Morgan fingerprint density at radius 2 is 1.95 bits per heavy atom. The van der Waals surface area contributed by atoms with Gasteiger partial charge >= 0.3 is 0 Å². The topological polar surface area (TPSA) is 50.8 Å². The van der Waals surface area contributed by atoms with Crippen LogP contribution < -0.4 is 5.32 Å². The largest absolute Gasteiger partial charge is 0.376 e. The van der Waals surface area contributed by atoms with Crippen LogP contribution in [0.4, 0.5) is 0 Å². The minimum absolute atomic E-state index is 0.166. The Morgan fingerprint density at radius 1 is 1.10 bits per heavy atom. The van der Waals surface area contributed by atoms with Gasteiger partial charge in [-0.25, -0.2) is 0 Å². The predicted octanol–water partition coefficient (Wildman–Crippen LogP) is 0.925. The number of hydrogen-bond donors (Lipinski definition) is 1. The van der Waals surface area contributed by atoms with Gasteiger partial charge < -0.3 is 19.7 Å². The van der Waals surface area contributed by atoms with Crippen molar-refractivity contribution in [2.45, 2.75) is 56.8 Å². The molecule has 114 valence electrons. The van der Waals surface area contributed by atoms with Crippen molar-refractivity contribution in [3.63, 3.8) is 0 Å². The van der Waals surface area contributed by atoms with Crippen molar-refractivity contribution in [1.82, 2.24) is 10.2 Å². The van der Waals surface area contributed by atoms with Crippen LogP contribution in [0.25, 0.3) is 0 Å². The van der Waals surface area contributed by atoms with Gasteiger partial charge in [-0.15, -0.1) is 0 Å². The molecule has 5 heteroatoms. The van der Waals surface area contributed by atoms with E-state index in [1.54, 1.807) is 0 Å². The molecule has 0 aromatic carbocycles. The van der Waals surface area contributed by atoms with Crippen molar-refractivity contribution in [3.8, 4) is 0 Å². The number of carbonyl (C=O) groups excluding carboxylic acids is 1. The highest BCUT2D eigenvalue weighted by atomic mass is 16.5. The molecule has 0 aromatic heterocycles. The summed E-state index contributed by atoms with van der Waals surface area (Å²) in [7, 11) is 0. The molecular formula is C15H26N2O3. The molecule has 2 saturated heterocycles. The normalized spacial score (nSPS) is 31.6. The molecule has 3 aliphatic rings. The maximum Gasteiger partial charge on any atom is 0.253 e. The molecule has 0 aromatic rings. The third-order valence-electron chi connectivity index (χ3n) is 4.68. The van der Waals surface area contributed by atoms with Crippen molar-refractivity contribution in [3.05, 3.63) is 0 Å². The lowest BCUT2D eigenvalue weighted by Gasteiger charge is -2.35. The molecule has 0 radical (unpaired) electrons. The van der Waals surface area contributed by atoms with Crippen LogP contribution in [0.3, 0.4) is 0 Å². The van der Waals surface area contributed by atoms with Gasteiger partial charge in [0.05, 0.1) is 12.7 Å². The van der Waals surface area contributed by atoms with E-state index >= 15 is 0 Å². The second-order valence-corrected chi connectivity index (χ2v) is 6.13. The Hall–Kier alpha value is -0.650. The van der Waals surface area contributed by atoms with Crippen LogP contribution in [-0.2, 0) is 14.3 Å². The SMILES string of the molecule is O=C(C1CNCCO1)N(CC1CCCO1)C1CCCC1. The Kier molecular flexibility index (Phi) is 4.91. The smallest absolute Gasteiger partial charge is 0.253 e. The summed E-state index contributed by atoms with van der Waals surface area (Å²) in [5, 5.41) is 3.25. The van der Waals surface area contributed by atoms with E-state index in [4.69, 9.17) is 9.47 Å². The summed E-state index contributed by atoms with van der Waals surface area (Å²) in [6, 6.07) is 0.400. The Balaban J connectivity index is 1.64. The number of morpholine rings is 1. The summed E-state index contributed by atoms with van der Waals surface area (Å²) in [5.74, 6) is 0.166. The second kappa shape index (κ2) is 6.87. The van der Waals surface area contributed by atoms with Crippen LogP contribution in [0, 0.1) is 0 Å². The lowest BCUT2D eigenvalue weighted by atomic mass is 10.1. The number of nitrogens with zero attached hydrogens (tertiary/aromatic N) is 1. The van der Waals surface area contributed by atoms with Gasteiger partial charge in [-0.05, 0) is 25.7 Å². The molecule has 2 unspecified atom stereocenters. The zero-order chi connectivity index (χ0) is 13.8. The van der Waals surface area contributed by atoms with Crippen molar-refractivity contribution < 1.29 is 14.3 Å². The molecule has 3 fully saturated rings. The van der Waals surface area contributed by atoms with Crippen molar-refractivity contribution in [2.24, 2.45) is 0 Å². The number of carbonyl (C=O) groups is 1. The monoisotopic (exact) mass is 282 g/mol. The molecule has 20 heavy (non-hydrogen) atoms. The molecule has 0 spiro atoms. The van der Waals surface area contributed by atoms with Crippen molar-refractivity contribution in [1.29, 1.82) is 0 Å². The van der Waals surface area contributed by atoms with E-state index in [9.17, 15) is 4.79 Å². The standard InChI is InChI=1S/C15H26N2O3/c18-15(14-10-16-7-9-20-14)17(12-4-1-2-5-12)11-13-6-3-8-19-13/h12-14,16H,1-11H2. The van der Waals surface area contributed by atoms with Crippen LogP contribution in [0.5, 0.6) is 0 Å². The zero-order valence-corrected chi connectivity index (χ0v) is 12.2. The molecule has 2 heterocycles. The number of amides is 1. The fraction of sp³-hybridized carbons (Fsp3) is 0.933. The highest BCUT2D eigenvalue weighted by Gasteiger charge is 2.34. The fourth-order valence-corrected chi connectivity index (χ4v) is 3.55. The first kappa shape index (κ1) is 14.3. The van der Waals surface area contributed by atoms with Gasteiger partial charge in [-0.2, -0.15) is 0 Å². The summed E-state index contributed by atoms with van der Waals surface area (Å²) >= 11 is 0. The molecule has 0 bridgehead atoms. The highest BCUT2D eigenvalue weighted by molar-refractivity contribution is 5.81. The summed E-state index contributed by atoms with van der Waals surface area (Å²) in [6.45, 7) is 3.73. The summed E-state index contributed by atoms with van der Waals surface area (Å²) < 4.78 is 11.4. The van der Waals surface area contributed by atoms with Crippen LogP contribution >= 0.6 is 0 Å². The minimum atomic E-state index is -0.300. The Morgan fingerprint density at radius 3 is 2.60 bits per heavy atom. The Bertz CT molecular complexity index is 319. The third-order valence-corrected chi connectivity index (χ3v) is 4.68. The third kappa shape index (κ3) is 3.32. The summed E-state index contributed by atoms with van der Waals surface area (Å²) in [6.07, 6.45) is 6.89. The first-order valence-corrected chi connectivity index (χ1v) is 8.09. The van der Waals surface area contributed by atoms with Crippen molar-refractivity contribution >= 4 is 5.91 Å². The van der Waals surface area contributed by atoms with Crippen LogP contribution in [-0.4, -0.2) is 61.9 Å². The number of hydrogen-bond acceptors (Lipinski definition) is 4. The van der Waals surface area contributed by atoms with Gasteiger partial charge in [0.2, 0.25) is 0 Å². The molecule has 1 N–H and O–H groups in total. The van der Waals surface area contributed by atoms with Gasteiger partial charge in [0.1, 0.15) is 6.10 Å². The highest BCUT2D eigenvalue weighted by Crippen LogP contribution is 2.26. The molecule has 1 aliphatic carbocycles. The van der Waals surface area contributed by atoms with Gasteiger partial charge in [0, 0.05) is 32.3 Å². The second-order valence-electron chi connectivity index (χ2n) is 6.13. The maximum absolute atomic E-state index is 12.8. The van der Waals surface area contributed by atoms with E-state index in [1.165, 1.54) is 12.8 Å². The molecule has 3 rings (SSSR count). The Labute approximate surface area is 121 Å². The fourth-order valence-electron chi connectivity index (χ4n) is 3.55. The van der Waals surface area contributed by atoms with E-state index in [-0.39, 0.29) is 18.1 Å². The van der Waals surface area contributed by atoms with E-state index in [1.807, 2.05) is 0 Å². The van der Waals surface area contributed by atoms with Gasteiger partial charge in [0.25, 0.3) is 5.91 Å². The summed E-state index contributed by atoms with van der Waals surface area (Å²) in [5.41, 5.74) is 0. The van der Waals surface area contributed by atoms with Crippen molar-refractivity contribution in [2.75, 3.05) is 32.8 Å². The van der Waals surface area contributed by atoms with Crippen LogP contribution in [0.2, 0.25) is 0 Å². The zero-order valence-electron chi connectivity index (χ0n) is 12.2.